The summed E-state index contributed by atoms with van der Waals surface area (Å²) in [7, 11) is 0. The Morgan fingerprint density at radius 3 is 3.00 bits per heavy atom. The van der Waals surface area contributed by atoms with Crippen LogP contribution in [0.15, 0.2) is 16.8 Å². The lowest BCUT2D eigenvalue weighted by atomic mass is 10.1. The molecule has 5 nitrogen and oxygen atoms in total. The molecule has 0 unspecified atom stereocenters. The molecule has 0 spiro atoms. The normalized spacial score (nSPS) is 20.7. The number of ether oxygens (including phenoxy) is 1. The summed E-state index contributed by atoms with van der Waals surface area (Å²) >= 11 is 1.58. The van der Waals surface area contributed by atoms with Crippen molar-refractivity contribution in [1.29, 1.82) is 0 Å². The maximum Gasteiger partial charge on any atom is 0.410 e. The van der Waals surface area contributed by atoms with Crippen LogP contribution < -0.4 is 5.32 Å². The van der Waals surface area contributed by atoms with Crippen LogP contribution >= 0.6 is 11.3 Å². The van der Waals surface area contributed by atoms with Gasteiger partial charge in [-0.15, -0.1) is 0 Å². The number of hydrogen-bond donors (Lipinski definition) is 2. The Hall–Kier alpha value is -1.11. The van der Waals surface area contributed by atoms with Gasteiger partial charge in [0.25, 0.3) is 0 Å². The number of rotatable bonds is 4. The minimum Gasteiger partial charge on any atom is -0.444 e. The fourth-order valence-corrected chi connectivity index (χ4v) is 3.20. The Morgan fingerprint density at radius 2 is 2.36 bits per heavy atom. The zero-order chi connectivity index (χ0) is 16.2. The first-order chi connectivity index (χ1) is 10.3. The van der Waals surface area contributed by atoms with Gasteiger partial charge in [0, 0.05) is 25.7 Å². The number of hydrogen-bond acceptors (Lipinski definition) is 5. The summed E-state index contributed by atoms with van der Waals surface area (Å²) in [6, 6.07) is 2.14. The molecular weight excluding hydrogens is 300 g/mol. The molecule has 1 amide bonds. The SMILES string of the molecule is CC(C)(C)OC(=O)N1CCC[C@H](NC[C@@H](O)c2ccsc2)C1. The van der Waals surface area contributed by atoms with E-state index in [4.69, 9.17) is 4.74 Å². The molecule has 1 aromatic rings. The van der Waals surface area contributed by atoms with Crippen LogP contribution in [0.25, 0.3) is 0 Å². The molecule has 0 saturated carbocycles. The molecule has 0 radical (unpaired) electrons. The standard InChI is InChI=1S/C16H26N2O3S/c1-16(2,3)21-15(20)18-7-4-5-13(10-18)17-9-14(19)12-6-8-22-11-12/h6,8,11,13-14,17,19H,4-5,7,9-10H2,1-3H3/t13-,14+/m0/s1. The van der Waals surface area contributed by atoms with Crippen LogP contribution in [-0.4, -0.2) is 47.4 Å². The molecule has 1 aromatic heterocycles. The van der Waals surface area contributed by atoms with Crippen molar-refractivity contribution in [3.8, 4) is 0 Å². The number of nitrogens with one attached hydrogen (secondary N) is 1. The van der Waals surface area contributed by atoms with E-state index in [0.717, 1.165) is 24.9 Å². The summed E-state index contributed by atoms with van der Waals surface area (Å²) in [6.45, 7) is 7.50. The Bertz CT molecular complexity index is 470. The van der Waals surface area contributed by atoms with Crippen LogP contribution in [0.2, 0.25) is 0 Å². The van der Waals surface area contributed by atoms with Crippen molar-refractivity contribution in [2.24, 2.45) is 0 Å². The number of nitrogens with zero attached hydrogens (tertiary/aromatic N) is 1. The van der Waals surface area contributed by atoms with Gasteiger partial charge in [0.05, 0.1) is 6.10 Å². The molecule has 0 bridgehead atoms. The van der Waals surface area contributed by atoms with Gasteiger partial charge in [0.1, 0.15) is 5.60 Å². The van der Waals surface area contributed by atoms with Crippen LogP contribution in [0.4, 0.5) is 4.79 Å². The largest absolute Gasteiger partial charge is 0.444 e. The number of amides is 1. The predicted molar refractivity (Wildman–Crippen MR) is 88.1 cm³/mol. The van der Waals surface area contributed by atoms with Crippen LogP contribution in [-0.2, 0) is 4.74 Å². The number of likely N-dealkylation sites (tertiary alicyclic amines) is 1. The van der Waals surface area contributed by atoms with Crippen molar-refractivity contribution in [3.63, 3.8) is 0 Å². The topological polar surface area (TPSA) is 61.8 Å². The van der Waals surface area contributed by atoms with Crippen molar-refractivity contribution in [2.75, 3.05) is 19.6 Å². The molecule has 6 heteroatoms. The molecule has 0 aromatic carbocycles. The highest BCUT2D eigenvalue weighted by Crippen LogP contribution is 2.18. The minimum atomic E-state index is -0.497. The van der Waals surface area contributed by atoms with Crippen LogP contribution in [0.3, 0.4) is 0 Å². The average Bonchev–Trinajstić information content (AvgIpc) is 2.97. The van der Waals surface area contributed by atoms with E-state index in [1.807, 2.05) is 37.6 Å². The fourth-order valence-electron chi connectivity index (χ4n) is 2.50. The van der Waals surface area contributed by atoms with Crippen molar-refractivity contribution < 1.29 is 14.6 Å². The molecule has 2 heterocycles. The van der Waals surface area contributed by atoms with Crippen LogP contribution in [0, 0.1) is 0 Å². The Morgan fingerprint density at radius 1 is 1.59 bits per heavy atom. The van der Waals surface area contributed by atoms with Gasteiger partial charge in [0.15, 0.2) is 0 Å². The number of aliphatic hydroxyl groups is 1. The van der Waals surface area contributed by atoms with Gasteiger partial charge in [-0.1, -0.05) is 0 Å². The Labute approximate surface area is 136 Å². The molecule has 2 N–H and O–H groups in total. The van der Waals surface area contributed by atoms with Crippen molar-refractivity contribution in [3.05, 3.63) is 22.4 Å². The molecule has 2 atom stereocenters. The van der Waals surface area contributed by atoms with Gasteiger partial charge < -0.3 is 20.1 Å². The molecule has 1 saturated heterocycles. The number of carbonyl (C=O) groups is 1. The highest BCUT2D eigenvalue weighted by molar-refractivity contribution is 7.07. The zero-order valence-corrected chi connectivity index (χ0v) is 14.4. The smallest absolute Gasteiger partial charge is 0.410 e. The Balaban J connectivity index is 1.79. The number of piperidine rings is 1. The van der Waals surface area contributed by atoms with Gasteiger partial charge in [0.2, 0.25) is 0 Å². The van der Waals surface area contributed by atoms with Crippen molar-refractivity contribution in [1.82, 2.24) is 10.2 Å². The lowest BCUT2D eigenvalue weighted by molar-refractivity contribution is 0.0183. The first kappa shape index (κ1) is 17.2. The van der Waals surface area contributed by atoms with Crippen LogP contribution in [0.5, 0.6) is 0 Å². The second-order valence-electron chi connectivity index (χ2n) is 6.75. The van der Waals surface area contributed by atoms with E-state index in [9.17, 15) is 9.90 Å². The summed E-state index contributed by atoms with van der Waals surface area (Å²) in [5.74, 6) is 0. The lowest BCUT2D eigenvalue weighted by Gasteiger charge is -2.34. The molecular formula is C16H26N2O3S. The average molecular weight is 326 g/mol. The number of aliphatic hydroxyl groups excluding tert-OH is 1. The third-order valence-corrected chi connectivity index (χ3v) is 4.30. The molecule has 0 aliphatic carbocycles. The van der Waals surface area contributed by atoms with Crippen molar-refractivity contribution >= 4 is 17.4 Å². The first-order valence-electron chi connectivity index (χ1n) is 7.76. The zero-order valence-electron chi connectivity index (χ0n) is 13.5. The number of carbonyl (C=O) groups excluding carboxylic acids is 1. The van der Waals surface area contributed by atoms with E-state index >= 15 is 0 Å². The monoisotopic (exact) mass is 326 g/mol. The maximum atomic E-state index is 12.1. The van der Waals surface area contributed by atoms with Gasteiger partial charge >= 0.3 is 6.09 Å². The van der Waals surface area contributed by atoms with E-state index in [0.29, 0.717) is 13.1 Å². The summed E-state index contributed by atoms with van der Waals surface area (Å²) in [6.07, 6.45) is 1.21. The predicted octanol–water partition coefficient (Wildman–Crippen LogP) is 2.77. The third-order valence-electron chi connectivity index (χ3n) is 3.60. The van der Waals surface area contributed by atoms with Crippen LogP contribution in [0.1, 0.15) is 45.3 Å². The van der Waals surface area contributed by atoms with Gasteiger partial charge in [-0.05, 0) is 56.0 Å². The molecule has 1 fully saturated rings. The highest BCUT2D eigenvalue weighted by atomic mass is 32.1. The second-order valence-corrected chi connectivity index (χ2v) is 7.53. The summed E-state index contributed by atoms with van der Waals surface area (Å²) in [4.78, 5) is 13.9. The number of thiophene rings is 1. The first-order valence-corrected chi connectivity index (χ1v) is 8.71. The van der Waals surface area contributed by atoms with Gasteiger partial charge in [-0.3, -0.25) is 0 Å². The molecule has 22 heavy (non-hydrogen) atoms. The van der Waals surface area contributed by atoms with E-state index in [-0.39, 0.29) is 12.1 Å². The summed E-state index contributed by atoms with van der Waals surface area (Å²) in [5.41, 5.74) is 0.476. The third kappa shape index (κ3) is 5.26. The van der Waals surface area contributed by atoms with E-state index < -0.39 is 11.7 Å². The van der Waals surface area contributed by atoms with E-state index in [1.165, 1.54) is 0 Å². The highest BCUT2D eigenvalue weighted by Gasteiger charge is 2.27. The molecule has 2 rings (SSSR count). The van der Waals surface area contributed by atoms with E-state index in [2.05, 4.69) is 5.32 Å². The quantitative estimate of drug-likeness (QED) is 0.893. The van der Waals surface area contributed by atoms with Gasteiger partial charge in [-0.2, -0.15) is 11.3 Å². The molecule has 1 aliphatic heterocycles. The van der Waals surface area contributed by atoms with Crippen molar-refractivity contribution in [2.45, 2.75) is 51.4 Å². The second kappa shape index (κ2) is 7.44. The van der Waals surface area contributed by atoms with Gasteiger partial charge in [-0.25, -0.2) is 4.79 Å². The molecule has 124 valence electrons. The Kier molecular flexibility index (Phi) is 5.83. The maximum absolute atomic E-state index is 12.1. The fraction of sp³-hybridized carbons (Fsp3) is 0.688. The summed E-state index contributed by atoms with van der Waals surface area (Å²) < 4.78 is 5.42. The van der Waals surface area contributed by atoms with E-state index in [1.54, 1.807) is 16.2 Å². The lowest BCUT2D eigenvalue weighted by Crippen LogP contribution is -2.50. The molecule has 1 aliphatic rings. The summed E-state index contributed by atoms with van der Waals surface area (Å²) in [5, 5.41) is 17.4. The minimum absolute atomic E-state index is 0.203.